The fraction of sp³-hybridized carbons (Fsp3) is 0.357. The third-order valence-electron chi connectivity index (χ3n) is 7.10. The second kappa shape index (κ2) is 8.99. The molecule has 3 aromatic carbocycles. The average molecular weight is 442 g/mol. The van der Waals surface area contributed by atoms with E-state index in [2.05, 4.69) is 53.1 Å². The van der Waals surface area contributed by atoms with Crippen LogP contribution in [0.5, 0.6) is 0 Å². The quantitative estimate of drug-likeness (QED) is 0.600. The van der Waals surface area contributed by atoms with E-state index in [0.29, 0.717) is 18.9 Å². The number of fused-ring (bicyclic) bond motifs is 2. The van der Waals surface area contributed by atoms with Crippen LogP contribution in [0.2, 0.25) is 0 Å². The summed E-state index contributed by atoms with van der Waals surface area (Å²) in [5, 5.41) is 8.37. The van der Waals surface area contributed by atoms with Crippen molar-refractivity contribution in [1.29, 1.82) is 0 Å². The number of para-hydroxylation sites is 1. The molecule has 2 atom stereocenters. The van der Waals surface area contributed by atoms with E-state index in [-0.39, 0.29) is 17.9 Å². The van der Waals surface area contributed by atoms with Crippen LogP contribution in [0, 0.1) is 0 Å². The fourth-order valence-electron chi connectivity index (χ4n) is 4.90. The van der Waals surface area contributed by atoms with Crippen LogP contribution >= 0.6 is 0 Å². The average Bonchev–Trinajstić information content (AvgIpc) is 3.70. The molecule has 2 amide bonds. The first kappa shape index (κ1) is 21.7. The van der Waals surface area contributed by atoms with Gasteiger partial charge in [0, 0.05) is 5.69 Å². The molecule has 5 heteroatoms. The van der Waals surface area contributed by atoms with E-state index >= 15 is 0 Å². The van der Waals surface area contributed by atoms with Gasteiger partial charge in [-0.3, -0.25) is 9.59 Å². The van der Waals surface area contributed by atoms with E-state index in [4.69, 9.17) is 0 Å². The molecule has 0 aromatic heterocycles. The Bertz CT molecular complexity index is 1200. The molecule has 1 aliphatic heterocycles. The molecule has 5 nitrogen and oxygen atoms in total. The Morgan fingerprint density at radius 1 is 1.03 bits per heavy atom. The number of rotatable bonds is 6. The van der Waals surface area contributed by atoms with Gasteiger partial charge < -0.3 is 15.5 Å². The third-order valence-corrected chi connectivity index (χ3v) is 7.10. The SMILES string of the molecule is CN[C@@H](C)C(=O)NC1CCc2ccccc2N(Cc2c(C3CC3)ccc3ccccc23)C1=O. The van der Waals surface area contributed by atoms with Gasteiger partial charge in [0.15, 0.2) is 0 Å². The summed E-state index contributed by atoms with van der Waals surface area (Å²) in [5.41, 5.74) is 4.69. The zero-order valence-corrected chi connectivity index (χ0v) is 19.3. The summed E-state index contributed by atoms with van der Waals surface area (Å²) in [4.78, 5) is 28.4. The Morgan fingerprint density at radius 2 is 1.79 bits per heavy atom. The number of hydrogen-bond donors (Lipinski definition) is 2. The van der Waals surface area contributed by atoms with Crippen molar-refractivity contribution in [2.45, 2.75) is 57.2 Å². The summed E-state index contributed by atoms with van der Waals surface area (Å²) in [6, 6.07) is 20.1. The molecule has 1 saturated carbocycles. The lowest BCUT2D eigenvalue weighted by atomic mass is 9.95. The Hall–Kier alpha value is -3.18. The van der Waals surface area contributed by atoms with Crippen molar-refractivity contribution in [3.8, 4) is 0 Å². The largest absolute Gasteiger partial charge is 0.343 e. The van der Waals surface area contributed by atoms with Gasteiger partial charge in [-0.05, 0) is 79.1 Å². The van der Waals surface area contributed by atoms with Gasteiger partial charge in [0.05, 0.1) is 12.6 Å². The van der Waals surface area contributed by atoms with Crippen LogP contribution in [0.3, 0.4) is 0 Å². The minimum atomic E-state index is -0.542. The van der Waals surface area contributed by atoms with Gasteiger partial charge in [-0.1, -0.05) is 54.6 Å². The fourth-order valence-corrected chi connectivity index (χ4v) is 4.90. The summed E-state index contributed by atoms with van der Waals surface area (Å²) >= 11 is 0. The summed E-state index contributed by atoms with van der Waals surface area (Å²) in [6.07, 6.45) is 3.76. The molecule has 0 radical (unpaired) electrons. The van der Waals surface area contributed by atoms with Crippen molar-refractivity contribution < 1.29 is 9.59 Å². The van der Waals surface area contributed by atoms with Crippen LogP contribution in [0.15, 0.2) is 60.7 Å². The van der Waals surface area contributed by atoms with E-state index in [1.807, 2.05) is 23.1 Å². The number of carbonyl (C=O) groups is 2. The zero-order valence-electron chi connectivity index (χ0n) is 19.3. The van der Waals surface area contributed by atoms with Gasteiger partial charge in [0.1, 0.15) is 6.04 Å². The molecular formula is C28H31N3O2. The molecule has 1 fully saturated rings. The van der Waals surface area contributed by atoms with Crippen LogP contribution in [0.25, 0.3) is 10.8 Å². The first-order valence-electron chi connectivity index (χ1n) is 11.9. The lowest BCUT2D eigenvalue weighted by molar-refractivity contribution is -0.128. The predicted molar refractivity (Wildman–Crippen MR) is 132 cm³/mol. The second-order valence-electron chi connectivity index (χ2n) is 9.29. The normalized spacial score (nSPS) is 19.2. The Morgan fingerprint density at radius 3 is 2.58 bits per heavy atom. The number of benzene rings is 3. The maximum Gasteiger partial charge on any atom is 0.249 e. The molecule has 33 heavy (non-hydrogen) atoms. The van der Waals surface area contributed by atoms with Gasteiger partial charge in [-0.25, -0.2) is 0 Å². The molecule has 1 unspecified atom stereocenters. The highest BCUT2D eigenvalue weighted by atomic mass is 16.2. The molecule has 0 spiro atoms. The number of carbonyl (C=O) groups excluding carboxylic acids is 2. The number of likely N-dealkylation sites (N-methyl/N-ethyl adjacent to an activating group) is 1. The van der Waals surface area contributed by atoms with E-state index in [0.717, 1.165) is 17.7 Å². The molecule has 0 bridgehead atoms. The highest BCUT2D eigenvalue weighted by Gasteiger charge is 2.34. The first-order valence-corrected chi connectivity index (χ1v) is 11.9. The number of anilines is 1. The lowest BCUT2D eigenvalue weighted by Gasteiger charge is -2.28. The molecule has 2 N–H and O–H groups in total. The highest BCUT2D eigenvalue weighted by Crippen LogP contribution is 2.44. The van der Waals surface area contributed by atoms with Crippen molar-refractivity contribution in [2.24, 2.45) is 0 Å². The van der Waals surface area contributed by atoms with Crippen molar-refractivity contribution in [3.05, 3.63) is 77.4 Å². The monoisotopic (exact) mass is 441 g/mol. The van der Waals surface area contributed by atoms with Crippen molar-refractivity contribution in [1.82, 2.24) is 10.6 Å². The van der Waals surface area contributed by atoms with Crippen LogP contribution in [0.1, 0.15) is 48.8 Å². The first-order chi connectivity index (χ1) is 16.1. The summed E-state index contributed by atoms with van der Waals surface area (Å²) in [5.74, 6) is 0.394. The van der Waals surface area contributed by atoms with Gasteiger partial charge in [0.2, 0.25) is 11.8 Å². The van der Waals surface area contributed by atoms with Gasteiger partial charge in [-0.15, -0.1) is 0 Å². The number of nitrogens with one attached hydrogen (secondary N) is 2. The van der Waals surface area contributed by atoms with Crippen LogP contribution in [-0.2, 0) is 22.6 Å². The maximum absolute atomic E-state index is 13.9. The van der Waals surface area contributed by atoms with Crippen LogP contribution < -0.4 is 15.5 Å². The highest BCUT2D eigenvalue weighted by molar-refractivity contribution is 6.01. The van der Waals surface area contributed by atoms with E-state index in [9.17, 15) is 9.59 Å². The predicted octanol–water partition coefficient (Wildman–Crippen LogP) is 4.29. The molecule has 3 aromatic rings. The minimum Gasteiger partial charge on any atom is -0.343 e. The van der Waals surface area contributed by atoms with E-state index in [1.165, 1.54) is 34.7 Å². The summed E-state index contributed by atoms with van der Waals surface area (Å²) in [7, 11) is 1.75. The molecule has 2 aliphatic rings. The van der Waals surface area contributed by atoms with Crippen molar-refractivity contribution >= 4 is 28.3 Å². The van der Waals surface area contributed by atoms with Gasteiger partial charge in [-0.2, -0.15) is 0 Å². The maximum atomic E-state index is 13.9. The molecule has 1 heterocycles. The van der Waals surface area contributed by atoms with Crippen molar-refractivity contribution in [2.75, 3.05) is 11.9 Å². The third kappa shape index (κ3) is 4.25. The lowest BCUT2D eigenvalue weighted by Crippen LogP contribution is -2.52. The van der Waals surface area contributed by atoms with Gasteiger partial charge in [0.25, 0.3) is 0 Å². The second-order valence-corrected chi connectivity index (χ2v) is 9.29. The number of aryl methyl sites for hydroxylation is 1. The zero-order chi connectivity index (χ0) is 22.9. The smallest absolute Gasteiger partial charge is 0.249 e. The Kier molecular flexibility index (Phi) is 5.90. The minimum absolute atomic E-state index is 0.0358. The van der Waals surface area contributed by atoms with Crippen LogP contribution in [-0.4, -0.2) is 30.9 Å². The van der Waals surface area contributed by atoms with Crippen molar-refractivity contribution in [3.63, 3.8) is 0 Å². The number of hydrogen-bond acceptors (Lipinski definition) is 3. The molecule has 5 rings (SSSR count). The molecule has 1 aliphatic carbocycles. The molecule has 0 saturated heterocycles. The van der Waals surface area contributed by atoms with E-state index < -0.39 is 6.04 Å². The standard InChI is InChI=1S/C28H31N3O2/c1-18(29-2)27(32)30-25-16-14-21-8-4-6-10-26(21)31(28(25)33)17-24-22-9-5-3-7-19(22)13-15-23(24)20-11-12-20/h3-10,13,15,18,20,25,29H,11-12,14,16-17H2,1-2H3,(H,30,32)/t18-,25?/m0/s1. The summed E-state index contributed by atoms with van der Waals surface area (Å²) < 4.78 is 0. The molecule has 170 valence electrons. The number of nitrogens with zero attached hydrogens (tertiary/aromatic N) is 1. The topological polar surface area (TPSA) is 61.4 Å². The Balaban J connectivity index is 1.56. The number of amides is 2. The van der Waals surface area contributed by atoms with Gasteiger partial charge >= 0.3 is 0 Å². The summed E-state index contributed by atoms with van der Waals surface area (Å²) in [6.45, 7) is 2.32. The molecular weight excluding hydrogens is 410 g/mol. The van der Waals surface area contributed by atoms with Crippen LogP contribution in [0.4, 0.5) is 5.69 Å². The Labute approximate surface area is 195 Å². The van der Waals surface area contributed by atoms with E-state index in [1.54, 1.807) is 14.0 Å².